The van der Waals surface area contributed by atoms with Crippen molar-refractivity contribution in [3.63, 3.8) is 0 Å². The van der Waals surface area contributed by atoms with E-state index in [0.717, 1.165) is 19.3 Å². The minimum absolute atomic E-state index is 0.135. The summed E-state index contributed by atoms with van der Waals surface area (Å²) in [6, 6.07) is 20.3. The first-order chi connectivity index (χ1) is 18.1. The number of hydrogen-bond donors (Lipinski definition) is 3. The van der Waals surface area contributed by atoms with Crippen LogP contribution >= 0.6 is 0 Å². The summed E-state index contributed by atoms with van der Waals surface area (Å²) in [4.78, 5) is 25.5. The third kappa shape index (κ3) is 5.64. The lowest BCUT2D eigenvalue weighted by Gasteiger charge is -2.10. The largest absolute Gasteiger partial charge is 0.508 e. The number of anilines is 1. The Bertz CT molecular complexity index is 1560. The van der Waals surface area contributed by atoms with Crippen molar-refractivity contribution in [3.05, 3.63) is 94.1 Å². The summed E-state index contributed by atoms with van der Waals surface area (Å²) in [5.74, 6) is 0.846. The van der Waals surface area contributed by atoms with Crippen LogP contribution in [0.25, 0.3) is 22.6 Å². The summed E-state index contributed by atoms with van der Waals surface area (Å²) in [6.45, 7) is 0.557. The number of tetrazole rings is 1. The molecule has 0 aliphatic carbocycles. The molecule has 3 N–H and O–H groups in total. The van der Waals surface area contributed by atoms with Gasteiger partial charge in [0.2, 0.25) is 5.82 Å². The molecule has 37 heavy (non-hydrogen) atoms. The van der Waals surface area contributed by atoms with Crippen molar-refractivity contribution in [3.8, 4) is 23.1 Å². The van der Waals surface area contributed by atoms with Crippen LogP contribution in [0.4, 0.5) is 5.69 Å². The summed E-state index contributed by atoms with van der Waals surface area (Å²) in [5.41, 5.74) is 1.87. The molecule has 186 valence electrons. The van der Waals surface area contributed by atoms with E-state index in [2.05, 4.69) is 25.9 Å². The molecule has 10 nitrogen and oxygen atoms in total. The molecule has 3 aromatic carbocycles. The molecule has 0 bridgehead atoms. The standard InChI is InChI=1S/C27H23N5O5/c33-19-11-7-17(8-12-19)4-1-2-15-36-20-13-9-18(10-14-20)27(35)28-22-6-3-5-21-23(34)16-24(37-25(21)22)26-29-31-32-30-26/h3,5-14,16,33H,1-2,4,15H2,(H,28,35)(H,29,30,31,32). The van der Waals surface area contributed by atoms with E-state index in [4.69, 9.17) is 9.15 Å². The van der Waals surface area contributed by atoms with Crippen LogP contribution < -0.4 is 15.5 Å². The van der Waals surface area contributed by atoms with E-state index in [0.29, 0.717) is 29.0 Å². The number of aryl methyl sites for hydroxylation is 1. The molecule has 1 amide bonds. The SMILES string of the molecule is O=C(Nc1cccc2c(=O)cc(-c3nn[nH]n3)oc12)c1ccc(OCCCCc2ccc(O)cc2)cc1. The number of amides is 1. The number of phenols is 1. The molecule has 0 saturated carbocycles. The first-order valence-electron chi connectivity index (χ1n) is 11.7. The number of phenolic OH excluding ortho intramolecular Hbond substituents is 1. The number of carbonyl (C=O) groups is 1. The van der Waals surface area contributed by atoms with Gasteiger partial charge in [-0.05, 0) is 78.6 Å². The second-order valence-electron chi connectivity index (χ2n) is 8.34. The highest BCUT2D eigenvalue weighted by Gasteiger charge is 2.15. The van der Waals surface area contributed by atoms with E-state index in [1.807, 2.05) is 12.1 Å². The lowest BCUT2D eigenvalue weighted by atomic mass is 10.1. The molecule has 10 heteroatoms. The number of H-pyrrole nitrogens is 1. The molecule has 5 aromatic rings. The lowest BCUT2D eigenvalue weighted by molar-refractivity contribution is 0.102. The van der Waals surface area contributed by atoms with Gasteiger partial charge in [0.05, 0.1) is 17.7 Å². The third-order valence-corrected chi connectivity index (χ3v) is 5.75. The highest BCUT2D eigenvalue weighted by Crippen LogP contribution is 2.26. The average molecular weight is 498 g/mol. The van der Waals surface area contributed by atoms with E-state index >= 15 is 0 Å². The van der Waals surface area contributed by atoms with Gasteiger partial charge in [0.15, 0.2) is 16.8 Å². The quantitative estimate of drug-likeness (QED) is 0.255. The predicted octanol–water partition coefficient (Wildman–Crippen LogP) is 4.33. The Balaban J connectivity index is 1.20. The van der Waals surface area contributed by atoms with Gasteiger partial charge >= 0.3 is 0 Å². The fourth-order valence-corrected chi connectivity index (χ4v) is 3.83. The number of aromatic amines is 1. The Morgan fingerprint density at radius 1 is 1.03 bits per heavy atom. The van der Waals surface area contributed by atoms with Crippen molar-refractivity contribution in [2.45, 2.75) is 19.3 Å². The van der Waals surface area contributed by atoms with Crippen LogP contribution in [0.1, 0.15) is 28.8 Å². The van der Waals surface area contributed by atoms with E-state index in [1.165, 1.54) is 11.6 Å². The Morgan fingerprint density at radius 2 is 1.84 bits per heavy atom. The Labute approximate surface area is 210 Å². The molecule has 0 spiro atoms. The summed E-state index contributed by atoms with van der Waals surface area (Å²) < 4.78 is 11.6. The van der Waals surface area contributed by atoms with Crippen molar-refractivity contribution in [1.29, 1.82) is 0 Å². The van der Waals surface area contributed by atoms with E-state index in [-0.39, 0.29) is 34.3 Å². The number of fused-ring (bicyclic) bond motifs is 1. The van der Waals surface area contributed by atoms with Crippen molar-refractivity contribution >= 4 is 22.6 Å². The minimum Gasteiger partial charge on any atom is -0.508 e. The van der Waals surface area contributed by atoms with E-state index in [9.17, 15) is 14.7 Å². The number of nitrogens with zero attached hydrogens (tertiary/aromatic N) is 3. The molecule has 0 aliphatic rings. The normalized spacial score (nSPS) is 10.9. The maximum Gasteiger partial charge on any atom is 0.255 e. The third-order valence-electron chi connectivity index (χ3n) is 5.75. The Morgan fingerprint density at radius 3 is 2.59 bits per heavy atom. The average Bonchev–Trinajstić information content (AvgIpc) is 3.45. The highest BCUT2D eigenvalue weighted by atomic mass is 16.5. The first kappa shape index (κ1) is 23.7. The number of rotatable bonds is 9. The fraction of sp³-hybridized carbons (Fsp3) is 0.148. The van der Waals surface area contributed by atoms with Crippen LogP contribution in [0.15, 0.2) is 82.0 Å². The molecule has 0 saturated heterocycles. The van der Waals surface area contributed by atoms with Crippen molar-refractivity contribution in [2.24, 2.45) is 0 Å². The van der Waals surface area contributed by atoms with Crippen LogP contribution in [-0.4, -0.2) is 38.2 Å². The molecule has 5 rings (SSSR count). The second kappa shape index (κ2) is 10.7. The number of aromatic hydroxyl groups is 1. The minimum atomic E-state index is -0.361. The van der Waals surface area contributed by atoms with Crippen molar-refractivity contribution in [1.82, 2.24) is 20.6 Å². The van der Waals surface area contributed by atoms with Gasteiger partial charge in [-0.2, -0.15) is 5.21 Å². The number of carbonyl (C=O) groups excluding carboxylic acids is 1. The second-order valence-corrected chi connectivity index (χ2v) is 8.34. The highest BCUT2D eigenvalue weighted by molar-refractivity contribution is 6.08. The molecule has 0 atom stereocenters. The molecule has 0 fully saturated rings. The van der Waals surface area contributed by atoms with Crippen molar-refractivity contribution < 1.29 is 19.1 Å². The molecular formula is C27H23N5O5. The van der Waals surface area contributed by atoms with Gasteiger partial charge in [0, 0.05) is 11.6 Å². The van der Waals surface area contributed by atoms with Crippen LogP contribution in [0.2, 0.25) is 0 Å². The first-order valence-corrected chi connectivity index (χ1v) is 11.7. The van der Waals surface area contributed by atoms with Gasteiger partial charge in [0.1, 0.15) is 11.5 Å². The number of unbranched alkanes of at least 4 members (excludes halogenated alkanes) is 1. The topological polar surface area (TPSA) is 143 Å². The van der Waals surface area contributed by atoms with Crippen molar-refractivity contribution in [2.75, 3.05) is 11.9 Å². The van der Waals surface area contributed by atoms with Crippen LogP contribution in [0, 0.1) is 0 Å². The smallest absolute Gasteiger partial charge is 0.255 e. The van der Waals surface area contributed by atoms with Gasteiger partial charge in [-0.1, -0.05) is 18.2 Å². The number of para-hydroxylation sites is 1. The number of benzene rings is 3. The van der Waals surface area contributed by atoms with Gasteiger partial charge < -0.3 is 19.6 Å². The number of hydrogen-bond acceptors (Lipinski definition) is 8. The molecule has 0 unspecified atom stereocenters. The van der Waals surface area contributed by atoms with Gasteiger partial charge in [-0.25, -0.2) is 0 Å². The number of aromatic nitrogens is 4. The van der Waals surface area contributed by atoms with Crippen LogP contribution in [-0.2, 0) is 6.42 Å². The monoisotopic (exact) mass is 497 g/mol. The Kier molecular flexibility index (Phi) is 6.89. The summed E-state index contributed by atoms with van der Waals surface area (Å²) in [6.07, 6.45) is 2.75. The number of nitrogens with one attached hydrogen (secondary N) is 2. The summed E-state index contributed by atoms with van der Waals surface area (Å²) >= 11 is 0. The van der Waals surface area contributed by atoms with E-state index < -0.39 is 0 Å². The van der Waals surface area contributed by atoms with Gasteiger partial charge in [-0.3, -0.25) is 9.59 Å². The molecular weight excluding hydrogens is 474 g/mol. The zero-order chi connectivity index (χ0) is 25.6. The maximum absolute atomic E-state index is 12.9. The predicted molar refractivity (Wildman–Crippen MR) is 137 cm³/mol. The maximum atomic E-state index is 12.9. The molecule has 0 aliphatic heterocycles. The zero-order valence-electron chi connectivity index (χ0n) is 19.7. The molecule has 2 aromatic heterocycles. The zero-order valence-corrected chi connectivity index (χ0v) is 19.7. The fourth-order valence-electron chi connectivity index (χ4n) is 3.83. The van der Waals surface area contributed by atoms with Crippen LogP contribution in [0.5, 0.6) is 11.5 Å². The van der Waals surface area contributed by atoms with E-state index in [1.54, 1.807) is 54.6 Å². The molecule has 2 heterocycles. The Hall–Kier alpha value is -4.99. The van der Waals surface area contributed by atoms with Gasteiger partial charge in [0.25, 0.3) is 5.91 Å². The summed E-state index contributed by atoms with van der Waals surface area (Å²) in [5, 5.41) is 26.0. The van der Waals surface area contributed by atoms with Gasteiger partial charge in [-0.15, -0.1) is 10.2 Å². The lowest BCUT2D eigenvalue weighted by Crippen LogP contribution is -2.13. The van der Waals surface area contributed by atoms with Crippen LogP contribution in [0.3, 0.4) is 0 Å². The number of ether oxygens (including phenoxy) is 1. The summed E-state index contributed by atoms with van der Waals surface area (Å²) in [7, 11) is 0. The molecule has 0 radical (unpaired) electrons.